The predicted molar refractivity (Wildman–Crippen MR) is 53.5 cm³/mol. The van der Waals surface area contributed by atoms with Crippen molar-refractivity contribution in [3.63, 3.8) is 0 Å². The third-order valence-corrected chi connectivity index (χ3v) is 3.98. The summed E-state index contributed by atoms with van der Waals surface area (Å²) in [7, 11) is 0. The summed E-state index contributed by atoms with van der Waals surface area (Å²) in [6, 6.07) is 0. The molecular weight excluding hydrogens is 160 g/mol. The van der Waals surface area contributed by atoms with E-state index in [0.29, 0.717) is 5.92 Å². The van der Waals surface area contributed by atoms with Crippen LogP contribution in [0.2, 0.25) is 0 Å². The lowest BCUT2D eigenvalue weighted by Gasteiger charge is -2.23. The van der Waals surface area contributed by atoms with Crippen LogP contribution in [0.4, 0.5) is 0 Å². The first-order valence-corrected chi connectivity index (χ1v) is 5.84. The molecule has 0 radical (unpaired) electrons. The summed E-state index contributed by atoms with van der Waals surface area (Å²) in [5.41, 5.74) is 0. The second-order valence-electron chi connectivity index (χ2n) is 4.95. The van der Waals surface area contributed by atoms with E-state index in [4.69, 9.17) is 0 Å². The first kappa shape index (κ1) is 9.23. The third-order valence-electron chi connectivity index (χ3n) is 3.98. The van der Waals surface area contributed by atoms with E-state index in [1.54, 1.807) is 0 Å². The Bertz CT molecular complexity index is 176. The second-order valence-corrected chi connectivity index (χ2v) is 4.95. The molecule has 0 aliphatic heterocycles. The van der Waals surface area contributed by atoms with Gasteiger partial charge in [0, 0.05) is 5.92 Å². The fourth-order valence-electron chi connectivity index (χ4n) is 3.10. The Kier molecular flexibility index (Phi) is 3.02. The maximum Gasteiger partial charge on any atom is 0.123 e. The molecule has 0 aromatic heterocycles. The molecule has 74 valence electrons. The Hall–Kier alpha value is -0.330. The summed E-state index contributed by atoms with van der Waals surface area (Å²) in [6.07, 6.45) is 12.0. The van der Waals surface area contributed by atoms with E-state index in [2.05, 4.69) is 0 Å². The van der Waals surface area contributed by atoms with Gasteiger partial charge < -0.3 is 4.79 Å². The molecule has 0 amide bonds. The fourth-order valence-corrected chi connectivity index (χ4v) is 3.10. The number of rotatable bonds is 1. The van der Waals surface area contributed by atoms with E-state index in [9.17, 15) is 4.79 Å². The van der Waals surface area contributed by atoms with E-state index in [0.717, 1.165) is 11.8 Å². The maximum atomic E-state index is 10.8. The standard InChI is InChI=1S/C12H20O/c13-9-12-7-5-10-2-1-3-11(8-12)6-4-10/h9-12H,1-8H2. The van der Waals surface area contributed by atoms with Gasteiger partial charge in [-0.15, -0.1) is 0 Å². The van der Waals surface area contributed by atoms with Crippen molar-refractivity contribution in [1.29, 1.82) is 0 Å². The molecule has 0 spiro atoms. The van der Waals surface area contributed by atoms with Gasteiger partial charge in [-0.05, 0) is 31.1 Å². The molecule has 0 aromatic carbocycles. The van der Waals surface area contributed by atoms with E-state index in [1.807, 2.05) is 0 Å². The van der Waals surface area contributed by atoms with E-state index < -0.39 is 0 Å². The zero-order valence-corrected chi connectivity index (χ0v) is 8.37. The summed E-state index contributed by atoms with van der Waals surface area (Å²) in [4.78, 5) is 10.8. The van der Waals surface area contributed by atoms with Crippen molar-refractivity contribution in [3.8, 4) is 0 Å². The van der Waals surface area contributed by atoms with Crippen molar-refractivity contribution in [2.24, 2.45) is 17.8 Å². The lowest BCUT2D eigenvalue weighted by molar-refractivity contribution is -0.112. The summed E-state index contributed by atoms with van der Waals surface area (Å²) in [5.74, 6) is 2.22. The van der Waals surface area contributed by atoms with Gasteiger partial charge in [-0.25, -0.2) is 0 Å². The van der Waals surface area contributed by atoms with Crippen LogP contribution in [0.3, 0.4) is 0 Å². The van der Waals surface area contributed by atoms with Crippen molar-refractivity contribution in [3.05, 3.63) is 0 Å². The number of fused-ring (bicyclic) bond motifs is 3. The van der Waals surface area contributed by atoms with Crippen molar-refractivity contribution >= 4 is 6.29 Å². The molecular formula is C12H20O. The molecule has 3 unspecified atom stereocenters. The molecule has 0 aromatic rings. The van der Waals surface area contributed by atoms with Gasteiger partial charge >= 0.3 is 0 Å². The molecule has 1 nitrogen and oxygen atoms in total. The van der Waals surface area contributed by atoms with Gasteiger partial charge in [-0.1, -0.05) is 32.1 Å². The van der Waals surface area contributed by atoms with Crippen LogP contribution < -0.4 is 0 Å². The zero-order valence-electron chi connectivity index (χ0n) is 8.37. The number of hydrogen-bond acceptors (Lipinski definition) is 1. The number of aldehydes is 1. The Morgan fingerprint density at radius 1 is 0.846 bits per heavy atom. The first-order valence-electron chi connectivity index (χ1n) is 5.84. The van der Waals surface area contributed by atoms with Gasteiger partial charge in [0.15, 0.2) is 0 Å². The Labute approximate surface area is 80.9 Å². The molecule has 3 atom stereocenters. The average molecular weight is 180 g/mol. The first-order chi connectivity index (χ1) is 6.38. The van der Waals surface area contributed by atoms with Crippen LogP contribution in [0.5, 0.6) is 0 Å². The number of carbonyl (C=O) groups is 1. The van der Waals surface area contributed by atoms with Crippen LogP contribution in [-0.2, 0) is 4.79 Å². The second kappa shape index (κ2) is 4.26. The molecule has 2 bridgehead atoms. The van der Waals surface area contributed by atoms with Crippen molar-refractivity contribution in [1.82, 2.24) is 0 Å². The molecule has 2 aliphatic rings. The van der Waals surface area contributed by atoms with Gasteiger partial charge in [0.25, 0.3) is 0 Å². The lowest BCUT2D eigenvalue weighted by Crippen LogP contribution is -2.14. The maximum absolute atomic E-state index is 10.8. The average Bonchev–Trinajstić information content (AvgIpc) is 2.28. The van der Waals surface area contributed by atoms with Gasteiger partial charge in [-0.3, -0.25) is 0 Å². The Balaban J connectivity index is 2.02. The highest BCUT2D eigenvalue weighted by atomic mass is 16.1. The van der Waals surface area contributed by atoms with Gasteiger partial charge in [0.1, 0.15) is 6.29 Å². The van der Waals surface area contributed by atoms with Crippen LogP contribution in [-0.4, -0.2) is 6.29 Å². The number of carbonyl (C=O) groups excluding carboxylic acids is 1. The van der Waals surface area contributed by atoms with Gasteiger partial charge in [0.2, 0.25) is 0 Å². The predicted octanol–water partition coefficient (Wildman–Crippen LogP) is 3.18. The van der Waals surface area contributed by atoms with Gasteiger partial charge in [0.05, 0.1) is 0 Å². The summed E-state index contributed by atoms with van der Waals surface area (Å²) in [6.45, 7) is 0. The van der Waals surface area contributed by atoms with Crippen molar-refractivity contribution in [2.45, 2.75) is 51.4 Å². The van der Waals surface area contributed by atoms with Crippen LogP contribution in [0.15, 0.2) is 0 Å². The molecule has 0 saturated heterocycles. The van der Waals surface area contributed by atoms with Crippen LogP contribution in [0, 0.1) is 17.8 Å². The van der Waals surface area contributed by atoms with Gasteiger partial charge in [-0.2, -0.15) is 0 Å². The van der Waals surface area contributed by atoms with E-state index in [-0.39, 0.29) is 0 Å². The summed E-state index contributed by atoms with van der Waals surface area (Å²) in [5, 5.41) is 0. The molecule has 1 heteroatoms. The monoisotopic (exact) mass is 180 g/mol. The quantitative estimate of drug-likeness (QED) is 0.566. The van der Waals surface area contributed by atoms with Crippen molar-refractivity contribution < 1.29 is 4.79 Å². The van der Waals surface area contributed by atoms with Crippen molar-refractivity contribution in [2.75, 3.05) is 0 Å². The topological polar surface area (TPSA) is 17.1 Å². The molecule has 2 rings (SSSR count). The molecule has 0 heterocycles. The lowest BCUT2D eigenvalue weighted by atomic mass is 9.82. The largest absolute Gasteiger partial charge is 0.303 e. The Morgan fingerprint density at radius 2 is 1.54 bits per heavy atom. The van der Waals surface area contributed by atoms with E-state index in [1.165, 1.54) is 57.7 Å². The minimum atomic E-state index is 0.394. The minimum absolute atomic E-state index is 0.394. The molecule has 2 aliphatic carbocycles. The van der Waals surface area contributed by atoms with Crippen LogP contribution in [0.1, 0.15) is 51.4 Å². The molecule has 2 saturated carbocycles. The normalized spacial score (nSPS) is 40.5. The minimum Gasteiger partial charge on any atom is -0.303 e. The molecule has 13 heavy (non-hydrogen) atoms. The van der Waals surface area contributed by atoms with E-state index >= 15 is 0 Å². The highest BCUT2D eigenvalue weighted by molar-refractivity contribution is 5.53. The highest BCUT2D eigenvalue weighted by Gasteiger charge is 2.25. The third kappa shape index (κ3) is 2.32. The fraction of sp³-hybridized carbons (Fsp3) is 0.917. The summed E-state index contributed by atoms with van der Waals surface area (Å²) < 4.78 is 0. The SMILES string of the molecule is O=CC1CCC2CCCC(CC2)C1. The summed E-state index contributed by atoms with van der Waals surface area (Å²) >= 11 is 0. The highest BCUT2D eigenvalue weighted by Crippen LogP contribution is 2.37. The number of hydrogen-bond donors (Lipinski definition) is 0. The Morgan fingerprint density at radius 3 is 2.38 bits per heavy atom. The zero-order chi connectivity index (χ0) is 9.10. The smallest absolute Gasteiger partial charge is 0.123 e. The van der Waals surface area contributed by atoms with Crippen LogP contribution in [0.25, 0.3) is 0 Å². The molecule has 0 N–H and O–H groups in total. The molecule has 2 fully saturated rings. The van der Waals surface area contributed by atoms with Crippen LogP contribution >= 0.6 is 0 Å².